The van der Waals surface area contributed by atoms with Crippen LogP contribution >= 0.6 is 24.0 Å². The summed E-state index contributed by atoms with van der Waals surface area (Å²) in [5.74, 6) is 2.37. The number of halogens is 1. The molecule has 0 amide bonds. The Morgan fingerprint density at radius 3 is 2.72 bits per heavy atom. The van der Waals surface area contributed by atoms with E-state index in [-0.39, 0.29) is 24.0 Å². The Bertz CT molecular complexity index is 740. The van der Waals surface area contributed by atoms with Crippen LogP contribution in [0.25, 0.3) is 5.65 Å². The molecular weight excluding hydrogens is 429 g/mol. The van der Waals surface area contributed by atoms with Crippen LogP contribution < -0.4 is 5.32 Å². The van der Waals surface area contributed by atoms with Gasteiger partial charge in [-0.2, -0.15) is 0 Å². The van der Waals surface area contributed by atoms with E-state index in [0.717, 1.165) is 30.4 Å². The number of aromatic nitrogens is 2. The maximum Gasteiger partial charge on any atom is 0.193 e. The predicted molar refractivity (Wildman–Crippen MR) is 107 cm³/mol. The van der Waals surface area contributed by atoms with Crippen LogP contribution in [0.5, 0.6) is 0 Å². The molecule has 5 rings (SSSR count). The number of nitrogens with zero attached hydrogens (tertiary/aromatic N) is 4. The smallest absolute Gasteiger partial charge is 0.193 e. The zero-order valence-electron chi connectivity index (χ0n) is 14.3. The molecule has 3 aliphatic heterocycles. The van der Waals surface area contributed by atoms with Gasteiger partial charge in [0, 0.05) is 44.4 Å². The minimum Gasteiger partial charge on any atom is -0.374 e. The van der Waals surface area contributed by atoms with Gasteiger partial charge < -0.3 is 19.4 Å². The Labute approximate surface area is 164 Å². The number of ether oxygens (including phenoxy) is 1. The predicted octanol–water partition coefficient (Wildman–Crippen LogP) is 2.14. The van der Waals surface area contributed by atoms with Crippen molar-refractivity contribution in [2.75, 3.05) is 20.1 Å². The number of hydrogen-bond donors (Lipinski definition) is 1. The first-order chi connectivity index (χ1) is 11.8. The number of hydrogen-bond acceptors (Lipinski definition) is 3. The highest BCUT2D eigenvalue weighted by molar-refractivity contribution is 14.0. The van der Waals surface area contributed by atoms with Gasteiger partial charge in [-0.05, 0) is 25.0 Å². The number of rotatable bonds is 2. The van der Waals surface area contributed by atoms with Crippen LogP contribution in [0.4, 0.5) is 0 Å². The van der Waals surface area contributed by atoms with Crippen LogP contribution in [0.15, 0.2) is 35.6 Å². The van der Waals surface area contributed by atoms with Crippen molar-refractivity contribution >= 4 is 35.6 Å². The first kappa shape index (κ1) is 17.1. The lowest BCUT2D eigenvalue weighted by molar-refractivity contribution is 0.0767. The fourth-order valence-electron chi connectivity index (χ4n) is 4.71. The average molecular weight is 453 g/mol. The summed E-state index contributed by atoms with van der Waals surface area (Å²) < 4.78 is 8.11. The summed E-state index contributed by atoms with van der Waals surface area (Å²) >= 11 is 0. The maximum atomic E-state index is 6.06. The van der Waals surface area contributed by atoms with E-state index in [2.05, 4.69) is 30.8 Å². The van der Waals surface area contributed by atoms with Crippen molar-refractivity contribution in [3.63, 3.8) is 0 Å². The first-order valence-corrected chi connectivity index (χ1v) is 8.85. The lowest BCUT2D eigenvalue weighted by Gasteiger charge is -2.23. The third-order valence-corrected chi connectivity index (χ3v) is 5.81. The van der Waals surface area contributed by atoms with E-state index >= 15 is 0 Å². The van der Waals surface area contributed by atoms with Crippen LogP contribution in [0.1, 0.15) is 18.5 Å². The lowest BCUT2D eigenvalue weighted by Crippen LogP contribution is -2.41. The Hall–Kier alpha value is -1.35. The average Bonchev–Trinajstić information content (AvgIpc) is 3.35. The molecule has 0 aromatic carbocycles. The van der Waals surface area contributed by atoms with Gasteiger partial charge in [0.05, 0.1) is 24.4 Å². The molecule has 134 valence electrons. The van der Waals surface area contributed by atoms with Gasteiger partial charge in [0.1, 0.15) is 5.65 Å². The Morgan fingerprint density at radius 2 is 2.04 bits per heavy atom. The molecule has 3 aliphatic rings. The molecule has 3 saturated heterocycles. The van der Waals surface area contributed by atoms with Gasteiger partial charge in [-0.1, -0.05) is 6.07 Å². The molecule has 1 N–H and O–H groups in total. The number of pyridine rings is 1. The van der Waals surface area contributed by atoms with Gasteiger partial charge in [0.25, 0.3) is 0 Å². The van der Waals surface area contributed by atoms with Crippen molar-refractivity contribution < 1.29 is 4.74 Å². The van der Waals surface area contributed by atoms with Crippen molar-refractivity contribution in [1.29, 1.82) is 0 Å². The second kappa shape index (κ2) is 6.75. The second-order valence-electron chi connectivity index (χ2n) is 7.12. The maximum absolute atomic E-state index is 6.06. The van der Waals surface area contributed by atoms with E-state index in [0.29, 0.717) is 30.6 Å². The minimum atomic E-state index is 0. The third-order valence-electron chi connectivity index (χ3n) is 5.81. The number of imidazole rings is 1. The van der Waals surface area contributed by atoms with Crippen LogP contribution in [-0.4, -0.2) is 52.6 Å². The molecular formula is C18H24IN5O. The number of aliphatic imine (C=N–C) groups is 1. The topological polar surface area (TPSA) is 54.2 Å². The Kier molecular flexibility index (Phi) is 4.61. The molecule has 2 aromatic rings. The van der Waals surface area contributed by atoms with E-state index in [1.807, 2.05) is 31.4 Å². The molecule has 3 fully saturated rings. The number of nitrogens with one attached hydrogen (secondary N) is 1. The number of likely N-dealkylation sites (tertiary alicyclic amines) is 1. The summed E-state index contributed by atoms with van der Waals surface area (Å²) in [7, 11) is 1.87. The molecule has 2 bridgehead atoms. The lowest BCUT2D eigenvalue weighted by atomic mass is 9.82. The Balaban J connectivity index is 0.00000157. The molecule has 0 aliphatic carbocycles. The second-order valence-corrected chi connectivity index (χ2v) is 7.12. The SMILES string of the molecule is CN=C(NCc1cn2ccccc2n1)N1CC2C3CCC(O3)C2C1.I. The molecule has 0 saturated carbocycles. The molecule has 5 heterocycles. The standard InChI is InChI=1S/C18H23N5O.HI/c1-19-18(20-8-12-9-22-7-3-2-4-17(22)21-12)23-10-13-14(11-23)16-6-5-15(13)24-16;/h2-4,7,9,13-16H,5-6,8,10-11H2,1H3,(H,19,20);1H. The molecule has 4 atom stereocenters. The summed E-state index contributed by atoms with van der Waals surface area (Å²) in [5.41, 5.74) is 2.01. The van der Waals surface area contributed by atoms with Crippen LogP contribution in [0, 0.1) is 11.8 Å². The number of fused-ring (bicyclic) bond motifs is 6. The molecule has 2 aromatic heterocycles. The number of guanidine groups is 1. The van der Waals surface area contributed by atoms with Gasteiger partial charge in [0.15, 0.2) is 5.96 Å². The fraction of sp³-hybridized carbons (Fsp3) is 0.556. The molecule has 0 spiro atoms. The molecule has 4 unspecified atom stereocenters. The summed E-state index contributed by atoms with van der Waals surface area (Å²) in [4.78, 5) is 11.5. The van der Waals surface area contributed by atoms with Gasteiger partial charge in [-0.3, -0.25) is 4.99 Å². The molecule has 25 heavy (non-hydrogen) atoms. The van der Waals surface area contributed by atoms with Crippen molar-refractivity contribution in [3.8, 4) is 0 Å². The fourth-order valence-corrected chi connectivity index (χ4v) is 4.71. The highest BCUT2D eigenvalue weighted by Gasteiger charge is 2.53. The quantitative estimate of drug-likeness (QED) is 0.430. The van der Waals surface area contributed by atoms with Crippen LogP contribution in [0.3, 0.4) is 0 Å². The van der Waals surface area contributed by atoms with Crippen molar-refractivity contribution in [2.45, 2.75) is 31.6 Å². The van der Waals surface area contributed by atoms with Crippen molar-refractivity contribution in [3.05, 3.63) is 36.3 Å². The molecule has 0 radical (unpaired) electrons. The van der Waals surface area contributed by atoms with Crippen molar-refractivity contribution in [2.24, 2.45) is 16.8 Å². The monoisotopic (exact) mass is 453 g/mol. The zero-order chi connectivity index (χ0) is 16.1. The van der Waals surface area contributed by atoms with E-state index in [4.69, 9.17) is 4.74 Å². The largest absolute Gasteiger partial charge is 0.374 e. The van der Waals surface area contributed by atoms with Gasteiger partial charge in [-0.25, -0.2) is 4.98 Å². The Morgan fingerprint density at radius 1 is 1.28 bits per heavy atom. The zero-order valence-corrected chi connectivity index (χ0v) is 16.7. The highest BCUT2D eigenvalue weighted by Crippen LogP contribution is 2.47. The summed E-state index contributed by atoms with van der Waals surface area (Å²) in [6.07, 6.45) is 7.56. The van der Waals surface area contributed by atoms with Crippen LogP contribution in [-0.2, 0) is 11.3 Å². The first-order valence-electron chi connectivity index (χ1n) is 8.85. The molecule has 7 heteroatoms. The molecule has 6 nitrogen and oxygen atoms in total. The van der Waals surface area contributed by atoms with Gasteiger partial charge in [0.2, 0.25) is 0 Å². The van der Waals surface area contributed by atoms with Crippen molar-refractivity contribution in [1.82, 2.24) is 19.6 Å². The van der Waals surface area contributed by atoms with E-state index in [1.54, 1.807) is 0 Å². The normalized spacial score (nSPS) is 30.6. The van der Waals surface area contributed by atoms with Crippen LogP contribution in [0.2, 0.25) is 0 Å². The summed E-state index contributed by atoms with van der Waals surface area (Å²) in [6, 6.07) is 6.05. The highest BCUT2D eigenvalue weighted by atomic mass is 127. The summed E-state index contributed by atoms with van der Waals surface area (Å²) in [6.45, 7) is 2.83. The van der Waals surface area contributed by atoms with E-state index < -0.39 is 0 Å². The van der Waals surface area contributed by atoms with E-state index in [1.165, 1.54) is 12.8 Å². The van der Waals surface area contributed by atoms with E-state index in [9.17, 15) is 0 Å². The van der Waals surface area contributed by atoms with Gasteiger partial charge >= 0.3 is 0 Å². The third kappa shape index (κ3) is 2.91. The minimum absolute atomic E-state index is 0. The van der Waals surface area contributed by atoms with Gasteiger partial charge in [-0.15, -0.1) is 24.0 Å². The summed E-state index contributed by atoms with van der Waals surface area (Å²) in [5, 5.41) is 3.49.